The highest BCUT2D eigenvalue weighted by atomic mass is 32.2. The van der Waals surface area contributed by atoms with Gasteiger partial charge in [0.25, 0.3) is 0 Å². The molecule has 31 heavy (non-hydrogen) atoms. The van der Waals surface area contributed by atoms with E-state index in [1.54, 1.807) is 12.4 Å². The van der Waals surface area contributed by atoms with Gasteiger partial charge < -0.3 is 5.32 Å². The maximum Gasteiger partial charge on any atom is 0.234 e. The number of hydrogen-bond donors (Lipinski definition) is 1. The van der Waals surface area contributed by atoms with Gasteiger partial charge in [0.2, 0.25) is 5.91 Å². The van der Waals surface area contributed by atoms with E-state index in [4.69, 9.17) is 0 Å². The van der Waals surface area contributed by atoms with E-state index in [-0.39, 0.29) is 11.7 Å². The fourth-order valence-corrected chi connectivity index (χ4v) is 3.98. The summed E-state index contributed by atoms with van der Waals surface area (Å²) in [6.07, 6.45) is 4.44. The Morgan fingerprint density at radius 1 is 1.00 bits per heavy atom. The Kier molecular flexibility index (Phi) is 6.43. The average molecular weight is 430 g/mol. The Hall–Kier alpha value is -3.45. The second-order valence-corrected chi connectivity index (χ2v) is 7.99. The molecule has 7 heteroatoms. The second-order valence-electron chi connectivity index (χ2n) is 7.05. The average Bonchev–Trinajstić information content (AvgIpc) is 3.23. The molecule has 0 spiro atoms. The fourth-order valence-electron chi connectivity index (χ4n) is 3.23. The molecule has 4 rings (SSSR count). The third-order valence-electron chi connectivity index (χ3n) is 4.91. The molecule has 0 aliphatic carbocycles. The monoisotopic (exact) mass is 429 g/mol. The van der Waals surface area contributed by atoms with Gasteiger partial charge in [0.1, 0.15) is 0 Å². The Bertz CT molecular complexity index is 1170. The quantitative estimate of drug-likeness (QED) is 0.422. The van der Waals surface area contributed by atoms with Crippen molar-refractivity contribution < 1.29 is 4.79 Å². The van der Waals surface area contributed by atoms with Gasteiger partial charge in [-0.15, -0.1) is 10.2 Å². The van der Waals surface area contributed by atoms with Crippen molar-refractivity contribution in [1.82, 2.24) is 19.7 Å². The summed E-state index contributed by atoms with van der Waals surface area (Å²) in [7, 11) is 0. The summed E-state index contributed by atoms with van der Waals surface area (Å²) in [6, 6.07) is 19.8. The predicted octanol–water partition coefficient (Wildman–Crippen LogP) is 4.93. The van der Waals surface area contributed by atoms with Crippen molar-refractivity contribution in [3.63, 3.8) is 0 Å². The summed E-state index contributed by atoms with van der Waals surface area (Å²) in [5.41, 5.74) is 5.03. The summed E-state index contributed by atoms with van der Waals surface area (Å²) in [5, 5.41) is 12.4. The molecule has 1 N–H and O–H groups in total. The molecule has 0 bridgehead atoms. The van der Waals surface area contributed by atoms with Crippen LogP contribution < -0.4 is 5.32 Å². The molecule has 0 aliphatic rings. The molecular formula is C24H23N5OS. The first-order chi connectivity index (χ1) is 15.2. The lowest BCUT2D eigenvalue weighted by Crippen LogP contribution is -2.14. The van der Waals surface area contributed by atoms with Crippen LogP contribution in [0, 0.1) is 6.92 Å². The SMILES string of the molecule is CCc1ccc(NC(=O)CSc2nnc(-c3ccncc3)n2-c2ccccc2C)cc1. The van der Waals surface area contributed by atoms with Crippen LogP contribution in [0.5, 0.6) is 0 Å². The molecule has 0 radical (unpaired) electrons. The minimum atomic E-state index is -0.0842. The van der Waals surface area contributed by atoms with Crippen molar-refractivity contribution >= 4 is 23.4 Å². The lowest BCUT2D eigenvalue weighted by atomic mass is 10.1. The van der Waals surface area contributed by atoms with Gasteiger partial charge in [0, 0.05) is 23.6 Å². The number of benzene rings is 2. The van der Waals surface area contributed by atoms with Crippen LogP contribution in [0.1, 0.15) is 18.1 Å². The first kappa shape index (κ1) is 20.8. The molecule has 6 nitrogen and oxygen atoms in total. The third-order valence-corrected chi connectivity index (χ3v) is 5.84. The minimum absolute atomic E-state index is 0.0842. The lowest BCUT2D eigenvalue weighted by molar-refractivity contribution is -0.113. The molecule has 156 valence electrons. The molecule has 2 heterocycles. The van der Waals surface area contributed by atoms with Gasteiger partial charge in [-0.2, -0.15) is 0 Å². The molecule has 0 saturated heterocycles. The summed E-state index contributed by atoms with van der Waals surface area (Å²) in [4.78, 5) is 16.6. The highest BCUT2D eigenvalue weighted by Gasteiger charge is 2.18. The van der Waals surface area contributed by atoms with E-state index < -0.39 is 0 Å². The predicted molar refractivity (Wildman–Crippen MR) is 125 cm³/mol. The van der Waals surface area contributed by atoms with Crippen LogP contribution in [-0.2, 0) is 11.2 Å². The van der Waals surface area contributed by atoms with Gasteiger partial charge in [0.15, 0.2) is 11.0 Å². The van der Waals surface area contributed by atoms with Crippen LogP contribution in [0.4, 0.5) is 5.69 Å². The second kappa shape index (κ2) is 9.57. The summed E-state index contributed by atoms with van der Waals surface area (Å²) < 4.78 is 2.00. The largest absolute Gasteiger partial charge is 0.325 e. The van der Waals surface area contributed by atoms with Crippen molar-refractivity contribution in [2.45, 2.75) is 25.4 Å². The molecule has 0 fully saturated rings. The van der Waals surface area contributed by atoms with E-state index in [0.717, 1.165) is 34.7 Å². The summed E-state index contributed by atoms with van der Waals surface area (Å²) in [5.74, 6) is 0.865. The topological polar surface area (TPSA) is 72.7 Å². The number of aryl methyl sites for hydroxylation is 2. The van der Waals surface area contributed by atoms with Crippen molar-refractivity contribution in [3.05, 3.63) is 84.2 Å². The van der Waals surface area contributed by atoms with Crippen molar-refractivity contribution in [1.29, 1.82) is 0 Å². The number of nitrogens with zero attached hydrogens (tertiary/aromatic N) is 4. The van der Waals surface area contributed by atoms with Crippen LogP contribution in [0.2, 0.25) is 0 Å². The van der Waals surface area contributed by atoms with Crippen molar-refractivity contribution in [2.75, 3.05) is 11.1 Å². The first-order valence-corrected chi connectivity index (χ1v) is 11.1. The summed E-state index contributed by atoms with van der Waals surface area (Å²) >= 11 is 1.36. The van der Waals surface area contributed by atoms with E-state index in [0.29, 0.717) is 5.16 Å². The molecule has 1 amide bonds. The zero-order chi connectivity index (χ0) is 21.6. The maximum absolute atomic E-state index is 12.5. The van der Waals surface area contributed by atoms with E-state index in [9.17, 15) is 4.79 Å². The van der Waals surface area contributed by atoms with Crippen LogP contribution in [0.15, 0.2) is 78.2 Å². The molecule has 0 aliphatic heterocycles. The Labute approximate surface area is 185 Å². The normalized spacial score (nSPS) is 10.8. The molecule has 0 unspecified atom stereocenters. The van der Waals surface area contributed by atoms with Crippen LogP contribution in [0.3, 0.4) is 0 Å². The van der Waals surface area contributed by atoms with Crippen LogP contribution in [0.25, 0.3) is 17.1 Å². The van der Waals surface area contributed by atoms with Crippen molar-refractivity contribution in [2.24, 2.45) is 0 Å². The van der Waals surface area contributed by atoms with Gasteiger partial charge >= 0.3 is 0 Å². The molecule has 0 saturated carbocycles. The molecule has 2 aromatic carbocycles. The Morgan fingerprint density at radius 3 is 2.45 bits per heavy atom. The zero-order valence-corrected chi connectivity index (χ0v) is 18.3. The van der Waals surface area contributed by atoms with E-state index >= 15 is 0 Å². The lowest BCUT2D eigenvalue weighted by Gasteiger charge is -2.13. The van der Waals surface area contributed by atoms with Gasteiger partial charge in [-0.3, -0.25) is 14.3 Å². The maximum atomic E-state index is 12.5. The molecule has 4 aromatic rings. The van der Waals surface area contributed by atoms with Gasteiger partial charge in [-0.25, -0.2) is 0 Å². The fraction of sp³-hybridized carbons (Fsp3) is 0.167. The number of para-hydroxylation sites is 1. The highest BCUT2D eigenvalue weighted by molar-refractivity contribution is 7.99. The highest BCUT2D eigenvalue weighted by Crippen LogP contribution is 2.29. The number of hydrogen-bond acceptors (Lipinski definition) is 5. The van der Waals surface area contributed by atoms with E-state index in [1.807, 2.05) is 72.2 Å². The zero-order valence-electron chi connectivity index (χ0n) is 17.4. The standard InChI is InChI=1S/C24H23N5OS/c1-3-18-8-10-20(11-9-18)26-22(30)16-31-24-28-27-23(19-12-14-25-15-13-19)29(24)21-7-5-4-6-17(21)2/h4-15H,3,16H2,1-2H3,(H,26,30). The molecule has 0 atom stereocenters. The van der Waals surface area contributed by atoms with Crippen LogP contribution in [-0.4, -0.2) is 31.4 Å². The third kappa shape index (κ3) is 4.83. The van der Waals surface area contributed by atoms with Gasteiger partial charge in [-0.05, 0) is 54.8 Å². The number of carbonyl (C=O) groups excluding carboxylic acids is 1. The number of thioether (sulfide) groups is 1. The smallest absolute Gasteiger partial charge is 0.234 e. The molecule has 2 aromatic heterocycles. The molecular weight excluding hydrogens is 406 g/mol. The number of pyridine rings is 1. The van der Waals surface area contributed by atoms with Crippen LogP contribution >= 0.6 is 11.8 Å². The number of nitrogens with one attached hydrogen (secondary N) is 1. The number of aromatic nitrogens is 4. The minimum Gasteiger partial charge on any atom is -0.325 e. The number of rotatable bonds is 7. The van der Waals surface area contributed by atoms with Crippen molar-refractivity contribution in [3.8, 4) is 17.1 Å². The number of carbonyl (C=O) groups is 1. The van der Waals surface area contributed by atoms with E-state index in [1.165, 1.54) is 17.3 Å². The summed E-state index contributed by atoms with van der Waals surface area (Å²) in [6.45, 7) is 4.15. The van der Waals surface area contributed by atoms with Gasteiger partial charge in [-0.1, -0.05) is 49.0 Å². The number of anilines is 1. The number of amides is 1. The first-order valence-electron chi connectivity index (χ1n) is 10.1. The van der Waals surface area contributed by atoms with Gasteiger partial charge in [0.05, 0.1) is 11.4 Å². The Morgan fingerprint density at radius 2 is 1.74 bits per heavy atom. The van der Waals surface area contributed by atoms with E-state index in [2.05, 4.69) is 27.4 Å². The Balaban J connectivity index is 1.57.